The van der Waals surface area contributed by atoms with Gasteiger partial charge in [-0.2, -0.15) is 0 Å². The Bertz CT molecular complexity index is 850. The smallest absolute Gasteiger partial charge is 0.251 e. The van der Waals surface area contributed by atoms with Crippen LogP contribution >= 0.6 is 11.3 Å². The van der Waals surface area contributed by atoms with Crippen molar-refractivity contribution in [2.45, 2.75) is 6.42 Å². The minimum Gasteiger partial charge on any atom is -0.352 e. The van der Waals surface area contributed by atoms with Crippen molar-refractivity contribution in [3.63, 3.8) is 0 Å². The number of hydrogen-bond donors (Lipinski definition) is 2. The lowest BCUT2D eigenvalue weighted by atomic mass is 10.2. The topological polar surface area (TPSA) is 84.0 Å². The van der Waals surface area contributed by atoms with Crippen LogP contribution in [-0.2, 0) is 4.79 Å². The van der Waals surface area contributed by atoms with E-state index in [-0.39, 0.29) is 24.8 Å². The molecule has 0 aliphatic rings. The highest BCUT2D eigenvalue weighted by Crippen LogP contribution is 2.25. The molecule has 2 amide bonds. The zero-order valence-corrected chi connectivity index (χ0v) is 14.1. The van der Waals surface area contributed by atoms with Crippen LogP contribution in [0, 0.1) is 0 Å². The van der Waals surface area contributed by atoms with Crippen LogP contribution < -0.4 is 10.6 Å². The van der Waals surface area contributed by atoms with Crippen molar-refractivity contribution in [3.8, 4) is 10.6 Å². The summed E-state index contributed by atoms with van der Waals surface area (Å²) in [6, 6.07) is 18.5. The molecule has 0 aliphatic heterocycles. The van der Waals surface area contributed by atoms with Crippen molar-refractivity contribution in [1.29, 1.82) is 0 Å². The molecule has 25 heavy (non-hydrogen) atoms. The molecule has 0 fully saturated rings. The number of amides is 2. The molecule has 0 spiro atoms. The van der Waals surface area contributed by atoms with Gasteiger partial charge in [0.1, 0.15) is 5.01 Å². The maximum absolute atomic E-state index is 12.0. The van der Waals surface area contributed by atoms with Crippen molar-refractivity contribution >= 4 is 28.3 Å². The fourth-order valence-corrected chi connectivity index (χ4v) is 2.90. The largest absolute Gasteiger partial charge is 0.352 e. The van der Waals surface area contributed by atoms with Gasteiger partial charge in [-0.25, -0.2) is 0 Å². The Morgan fingerprint density at radius 2 is 1.60 bits per heavy atom. The number of carbonyl (C=O) groups excluding carboxylic acids is 2. The van der Waals surface area contributed by atoms with Crippen LogP contribution in [0.4, 0.5) is 5.13 Å². The Kier molecular flexibility index (Phi) is 5.48. The summed E-state index contributed by atoms with van der Waals surface area (Å²) in [5.74, 6) is -0.417. The molecular weight excluding hydrogens is 336 g/mol. The van der Waals surface area contributed by atoms with Gasteiger partial charge in [0.05, 0.1) is 0 Å². The Labute approximate surface area is 148 Å². The number of nitrogens with one attached hydrogen (secondary N) is 2. The van der Waals surface area contributed by atoms with E-state index in [1.165, 1.54) is 11.3 Å². The van der Waals surface area contributed by atoms with Gasteiger partial charge >= 0.3 is 0 Å². The van der Waals surface area contributed by atoms with E-state index in [1.54, 1.807) is 24.3 Å². The number of aromatic nitrogens is 2. The first-order valence-corrected chi connectivity index (χ1v) is 8.56. The average Bonchev–Trinajstić information content (AvgIpc) is 3.11. The molecule has 0 saturated heterocycles. The van der Waals surface area contributed by atoms with Gasteiger partial charge in [-0.15, -0.1) is 10.2 Å². The molecular formula is C18H16N4O2S. The summed E-state index contributed by atoms with van der Waals surface area (Å²) in [6.45, 7) is 0.254. The molecule has 0 aliphatic carbocycles. The van der Waals surface area contributed by atoms with Crippen LogP contribution in [0.25, 0.3) is 10.6 Å². The van der Waals surface area contributed by atoms with Gasteiger partial charge in [0.2, 0.25) is 11.0 Å². The molecule has 0 unspecified atom stereocenters. The summed E-state index contributed by atoms with van der Waals surface area (Å²) in [6.07, 6.45) is 0.165. The summed E-state index contributed by atoms with van der Waals surface area (Å²) < 4.78 is 0. The Hall–Kier alpha value is -3.06. The lowest BCUT2D eigenvalue weighted by Gasteiger charge is -2.04. The van der Waals surface area contributed by atoms with E-state index in [4.69, 9.17) is 0 Å². The number of hydrogen-bond acceptors (Lipinski definition) is 5. The SMILES string of the molecule is O=C(CCNC(=O)c1ccccc1)Nc1nnc(-c2ccccc2)s1. The number of nitrogens with zero attached hydrogens (tertiary/aromatic N) is 2. The molecule has 2 N–H and O–H groups in total. The number of benzene rings is 2. The van der Waals surface area contributed by atoms with E-state index in [1.807, 2.05) is 36.4 Å². The minimum absolute atomic E-state index is 0.165. The van der Waals surface area contributed by atoms with Crippen LogP contribution in [-0.4, -0.2) is 28.6 Å². The van der Waals surface area contributed by atoms with Crippen LogP contribution in [0.5, 0.6) is 0 Å². The maximum atomic E-state index is 12.0. The maximum Gasteiger partial charge on any atom is 0.251 e. The predicted octanol–water partition coefficient (Wildman–Crippen LogP) is 2.96. The lowest BCUT2D eigenvalue weighted by Crippen LogP contribution is -2.27. The molecule has 7 heteroatoms. The van der Waals surface area contributed by atoms with Crippen molar-refractivity contribution < 1.29 is 9.59 Å². The van der Waals surface area contributed by atoms with Crippen LogP contribution in [0.3, 0.4) is 0 Å². The first-order chi connectivity index (χ1) is 12.2. The first-order valence-electron chi connectivity index (χ1n) is 7.74. The van der Waals surface area contributed by atoms with Gasteiger partial charge in [-0.05, 0) is 12.1 Å². The van der Waals surface area contributed by atoms with Gasteiger partial charge in [-0.3, -0.25) is 9.59 Å². The van der Waals surface area contributed by atoms with E-state index < -0.39 is 0 Å². The molecule has 2 aromatic carbocycles. The summed E-state index contributed by atoms with van der Waals surface area (Å²) in [7, 11) is 0. The number of carbonyl (C=O) groups is 2. The van der Waals surface area contributed by atoms with Crippen molar-refractivity contribution in [2.24, 2.45) is 0 Å². The van der Waals surface area contributed by atoms with Crippen LogP contribution in [0.2, 0.25) is 0 Å². The van der Waals surface area contributed by atoms with Gasteiger partial charge in [0, 0.05) is 24.1 Å². The van der Waals surface area contributed by atoms with Crippen molar-refractivity contribution in [2.75, 3.05) is 11.9 Å². The molecule has 6 nitrogen and oxygen atoms in total. The highest BCUT2D eigenvalue weighted by Gasteiger charge is 2.10. The normalized spacial score (nSPS) is 10.2. The summed E-state index contributed by atoms with van der Waals surface area (Å²) in [5.41, 5.74) is 1.52. The Morgan fingerprint density at radius 1 is 0.920 bits per heavy atom. The molecule has 0 saturated carbocycles. The van der Waals surface area contributed by atoms with Gasteiger partial charge < -0.3 is 10.6 Å². The molecule has 0 radical (unpaired) electrons. The molecule has 126 valence electrons. The second-order valence-corrected chi connectivity index (χ2v) is 6.18. The number of rotatable bonds is 6. The third kappa shape index (κ3) is 4.71. The molecule has 1 heterocycles. The molecule has 3 aromatic rings. The van der Waals surface area contributed by atoms with E-state index in [0.717, 1.165) is 10.6 Å². The minimum atomic E-state index is -0.218. The third-order valence-corrected chi connectivity index (χ3v) is 4.25. The summed E-state index contributed by atoms with van der Waals surface area (Å²) in [5, 5.41) is 14.6. The zero-order chi connectivity index (χ0) is 17.5. The van der Waals surface area contributed by atoms with Gasteiger partial charge in [0.25, 0.3) is 5.91 Å². The van der Waals surface area contributed by atoms with Crippen molar-refractivity contribution in [1.82, 2.24) is 15.5 Å². The standard InChI is InChI=1S/C18H16N4O2S/c23-15(11-12-19-16(24)13-7-3-1-4-8-13)20-18-22-21-17(25-18)14-9-5-2-6-10-14/h1-10H,11-12H2,(H,19,24)(H,20,22,23). The second kappa shape index (κ2) is 8.16. The van der Waals surface area contributed by atoms with E-state index in [2.05, 4.69) is 20.8 Å². The lowest BCUT2D eigenvalue weighted by molar-refractivity contribution is -0.116. The third-order valence-electron chi connectivity index (χ3n) is 3.37. The first kappa shape index (κ1) is 16.8. The monoisotopic (exact) mass is 352 g/mol. The van der Waals surface area contributed by atoms with Crippen molar-refractivity contribution in [3.05, 3.63) is 66.2 Å². The fourth-order valence-electron chi connectivity index (χ4n) is 2.13. The van der Waals surface area contributed by atoms with E-state index in [0.29, 0.717) is 10.7 Å². The zero-order valence-electron chi connectivity index (χ0n) is 13.3. The highest BCUT2D eigenvalue weighted by molar-refractivity contribution is 7.18. The Morgan fingerprint density at radius 3 is 2.32 bits per heavy atom. The van der Waals surface area contributed by atoms with E-state index in [9.17, 15) is 9.59 Å². The summed E-state index contributed by atoms with van der Waals surface area (Å²) in [4.78, 5) is 23.8. The second-order valence-electron chi connectivity index (χ2n) is 5.20. The quantitative estimate of drug-likeness (QED) is 0.714. The predicted molar refractivity (Wildman–Crippen MR) is 97.4 cm³/mol. The van der Waals surface area contributed by atoms with E-state index >= 15 is 0 Å². The molecule has 0 bridgehead atoms. The van der Waals surface area contributed by atoms with Crippen LogP contribution in [0.1, 0.15) is 16.8 Å². The van der Waals surface area contributed by atoms with Gasteiger partial charge in [0.15, 0.2) is 0 Å². The number of anilines is 1. The molecule has 3 rings (SSSR count). The average molecular weight is 352 g/mol. The molecule has 1 aromatic heterocycles. The van der Waals surface area contributed by atoms with Crippen LogP contribution in [0.15, 0.2) is 60.7 Å². The summed E-state index contributed by atoms with van der Waals surface area (Å²) >= 11 is 1.31. The Balaban J connectivity index is 1.47. The fraction of sp³-hybridized carbons (Fsp3) is 0.111. The van der Waals surface area contributed by atoms with Gasteiger partial charge in [-0.1, -0.05) is 59.9 Å². The highest BCUT2D eigenvalue weighted by atomic mass is 32.1. The molecule has 0 atom stereocenters.